The van der Waals surface area contributed by atoms with Crippen LogP contribution >= 0.6 is 12.4 Å². The number of aryl methyl sites for hydroxylation is 1. The van der Waals surface area contributed by atoms with Gasteiger partial charge >= 0.3 is 0 Å². The largest absolute Gasteiger partial charge is 0.241 e. The summed E-state index contributed by atoms with van der Waals surface area (Å²) in [5.41, 5.74) is 3.68. The van der Waals surface area contributed by atoms with Crippen LogP contribution in [0.4, 0.5) is 0 Å². The summed E-state index contributed by atoms with van der Waals surface area (Å²) in [6.45, 7) is 6.53. The van der Waals surface area contributed by atoms with E-state index in [0.29, 0.717) is 0 Å². The number of hydrogen-bond donors (Lipinski definition) is 0. The first-order chi connectivity index (χ1) is 7.64. The second kappa shape index (κ2) is 5.46. The van der Waals surface area contributed by atoms with Crippen molar-refractivity contribution in [2.45, 2.75) is 39.0 Å². The van der Waals surface area contributed by atoms with Gasteiger partial charge in [-0.2, -0.15) is 0 Å². The Balaban J connectivity index is 0.00000144. The molecule has 2 nitrogen and oxygen atoms in total. The third kappa shape index (κ3) is 2.95. The van der Waals surface area contributed by atoms with Crippen LogP contribution in [0.5, 0.6) is 0 Å². The zero-order valence-corrected chi connectivity index (χ0v) is 11.4. The Hall–Kier alpha value is -1.15. The monoisotopic (exact) mass is 250 g/mol. The van der Waals surface area contributed by atoms with Gasteiger partial charge in [0.1, 0.15) is 6.33 Å². The van der Waals surface area contributed by atoms with Crippen LogP contribution in [0, 0.1) is 0 Å². The van der Waals surface area contributed by atoms with E-state index >= 15 is 0 Å². The molecule has 0 spiro atoms. The van der Waals surface area contributed by atoms with E-state index in [9.17, 15) is 0 Å². The molecule has 3 heteroatoms. The predicted molar refractivity (Wildman–Crippen MR) is 73.5 cm³/mol. The minimum absolute atomic E-state index is 0. The van der Waals surface area contributed by atoms with Crippen molar-refractivity contribution in [1.82, 2.24) is 9.97 Å². The maximum atomic E-state index is 4.43. The van der Waals surface area contributed by atoms with Gasteiger partial charge in [-0.15, -0.1) is 12.4 Å². The first kappa shape index (κ1) is 13.9. The summed E-state index contributed by atoms with van der Waals surface area (Å²) >= 11 is 0. The molecule has 0 aromatic carbocycles. The molecule has 1 aliphatic carbocycles. The van der Waals surface area contributed by atoms with E-state index < -0.39 is 0 Å². The summed E-state index contributed by atoms with van der Waals surface area (Å²) < 4.78 is 0. The molecular weight excluding hydrogens is 232 g/mol. The molecule has 1 aromatic rings. The van der Waals surface area contributed by atoms with Gasteiger partial charge in [-0.3, -0.25) is 0 Å². The molecule has 0 saturated heterocycles. The summed E-state index contributed by atoms with van der Waals surface area (Å²) in [7, 11) is 0. The number of aromatic nitrogens is 2. The van der Waals surface area contributed by atoms with Gasteiger partial charge in [0.05, 0.1) is 5.69 Å². The van der Waals surface area contributed by atoms with Gasteiger partial charge < -0.3 is 0 Å². The summed E-state index contributed by atoms with van der Waals surface area (Å²) in [4.78, 5) is 8.68. The van der Waals surface area contributed by atoms with Crippen LogP contribution < -0.4 is 0 Å². The van der Waals surface area contributed by atoms with Crippen molar-refractivity contribution in [3.63, 3.8) is 0 Å². The second-order valence-corrected chi connectivity index (χ2v) is 4.71. The smallest absolute Gasteiger partial charge is 0.115 e. The fourth-order valence-electron chi connectivity index (χ4n) is 2.20. The molecule has 0 saturated carbocycles. The van der Waals surface area contributed by atoms with Crippen molar-refractivity contribution in [1.29, 1.82) is 0 Å². The molecule has 1 unspecified atom stereocenters. The number of halogens is 1. The maximum absolute atomic E-state index is 4.43. The Morgan fingerprint density at radius 3 is 2.76 bits per heavy atom. The molecule has 1 aromatic heterocycles. The van der Waals surface area contributed by atoms with Crippen LogP contribution in [0.3, 0.4) is 0 Å². The van der Waals surface area contributed by atoms with E-state index in [4.69, 9.17) is 0 Å². The first-order valence-corrected chi connectivity index (χ1v) is 5.80. The van der Waals surface area contributed by atoms with E-state index in [-0.39, 0.29) is 17.8 Å². The Morgan fingerprint density at radius 1 is 1.35 bits per heavy atom. The van der Waals surface area contributed by atoms with Gasteiger partial charge in [0.2, 0.25) is 0 Å². The van der Waals surface area contributed by atoms with Crippen molar-refractivity contribution in [3.8, 4) is 0 Å². The summed E-state index contributed by atoms with van der Waals surface area (Å²) in [5, 5.41) is 0. The van der Waals surface area contributed by atoms with Gasteiger partial charge in [0, 0.05) is 11.1 Å². The summed E-state index contributed by atoms with van der Waals surface area (Å²) in [5.74, 6) is 0. The Bertz CT molecular complexity index is 451. The van der Waals surface area contributed by atoms with Crippen LogP contribution in [-0.4, -0.2) is 9.97 Å². The molecule has 1 aliphatic rings. The lowest BCUT2D eigenvalue weighted by Crippen LogP contribution is -2.23. The Morgan fingerprint density at radius 2 is 2.12 bits per heavy atom. The van der Waals surface area contributed by atoms with Crippen LogP contribution in [0.2, 0.25) is 0 Å². The maximum Gasteiger partial charge on any atom is 0.115 e. The fraction of sp³-hybridized carbons (Fsp3) is 0.429. The molecule has 0 N–H and O–H groups in total. The molecule has 0 fully saturated rings. The van der Waals surface area contributed by atoms with Crippen molar-refractivity contribution < 1.29 is 0 Å². The molecule has 1 atom stereocenters. The quantitative estimate of drug-likeness (QED) is 0.801. The third-order valence-electron chi connectivity index (χ3n) is 3.16. The van der Waals surface area contributed by atoms with Crippen LogP contribution in [0.15, 0.2) is 36.2 Å². The highest BCUT2D eigenvalue weighted by Gasteiger charge is 2.27. The number of nitrogens with zero attached hydrogens (tertiary/aromatic N) is 2. The first-order valence-electron chi connectivity index (χ1n) is 5.80. The lowest BCUT2D eigenvalue weighted by molar-refractivity contribution is 0.558. The average molecular weight is 251 g/mol. The predicted octanol–water partition coefficient (Wildman–Crippen LogP) is 3.62. The van der Waals surface area contributed by atoms with Crippen molar-refractivity contribution in [3.05, 3.63) is 47.6 Å². The van der Waals surface area contributed by atoms with Crippen molar-refractivity contribution >= 4 is 12.4 Å². The minimum atomic E-state index is 0. The van der Waals surface area contributed by atoms with Crippen molar-refractivity contribution in [2.24, 2.45) is 0 Å². The lowest BCUT2D eigenvalue weighted by atomic mass is 9.77. The van der Waals surface area contributed by atoms with Gasteiger partial charge in [-0.05, 0) is 25.8 Å². The van der Waals surface area contributed by atoms with Crippen molar-refractivity contribution in [2.75, 3.05) is 0 Å². The third-order valence-corrected chi connectivity index (χ3v) is 3.16. The molecule has 2 rings (SSSR count). The van der Waals surface area contributed by atoms with Gasteiger partial charge in [0.15, 0.2) is 0 Å². The van der Waals surface area contributed by atoms with E-state index in [2.05, 4.69) is 55.0 Å². The van der Waals surface area contributed by atoms with Crippen LogP contribution in [-0.2, 0) is 11.8 Å². The standard InChI is InChI=1S/C14H18N2.ClH/c1-4-12-8-13(16-10-15-12)14(3)7-5-6-11(2)9-14;/h5-8,10H,4,9H2,1-3H3;1H. The van der Waals surface area contributed by atoms with Gasteiger partial charge in [0.25, 0.3) is 0 Å². The van der Waals surface area contributed by atoms with Gasteiger partial charge in [-0.25, -0.2) is 9.97 Å². The normalized spacial score (nSPS) is 22.9. The summed E-state index contributed by atoms with van der Waals surface area (Å²) in [6.07, 6.45) is 10.2. The minimum Gasteiger partial charge on any atom is -0.241 e. The molecule has 0 radical (unpaired) electrons. The fourth-order valence-corrected chi connectivity index (χ4v) is 2.20. The zero-order chi connectivity index (χ0) is 11.6. The highest BCUT2D eigenvalue weighted by molar-refractivity contribution is 5.85. The van der Waals surface area contributed by atoms with Crippen LogP contribution in [0.25, 0.3) is 0 Å². The lowest BCUT2D eigenvalue weighted by Gasteiger charge is -2.28. The number of rotatable bonds is 2. The molecule has 1 heterocycles. The molecule has 0 aliphatic heterocycles. The molecule has 17 heavy (non-hydrogen) atoms. The highest BCUT2D eigenvalue weighted by atomic mass is 35.5. The van der Waals surface area contributed by atoms with Crippen LogP contribution in [0.1, 0.15) is 38.6 Å². The molecule has 0 bridgehead atoms. The number of allylic oxidation sites excluding steroid dienone is 4. The zero-order valence-electron chi connectivity index (χ0n) is 10.6. The highest BCUT2D eigenvalue weighted by Crippen LogP contribution is 2.33. The van der Waals surface area contributed by atoms with Gasteiger partial charge in [-0.1, -0.05) is 37.6 Å². The SMILES string of the molecule is CCc1cc(C2(C)C=CC=C(C)C2)ncn1.Cl. The average Bonchev–Trinajstić information content (AvgIpc) is 2.29. The van der Waals surface area contributed by atoms with E-state index in [1.807, 2.05) is 0 Å². The number of hydrogen-bond acceptors (Lipinski definition) is 2. The van der Waals surface area contributed by atoms with E-state index in [1.165, 1.54) is 5.57 Å². The molecule has 0 amide bonds. The van der Waals surface area contributed by atoms with E-state index in [0.717, 1.165) is 24.2 Å². The molecule has 92 valence electrons. The topological polar surface area (TPSA) is 25.8 Å². The van der Waals surface area contributed by atoms with E-state index in [1.54, 1.807) is 6.33 Å². The second-order valence-electron chi connectivity index (χ2n) is 4.71. The summed E-state index contributed by atoms with van der Waals surface area (Å²) in [6, 6.07) is 2.13. The molecular formula is C14H19ClN2. The Kier molecular flexibility index (Phi) is 4.47. The Labute approximate surface area is 109 Å².